The molecule has 0 rings (SSSR count). The van der Waals surface area contributed by atoms with E-state index in [4.69, 9.17) is 5.73 Å². The second-order valence-corrected chi connectivity index (χ2v) is 2.68. The minimum absolute atomic E-state index is 0. The third-order valence-electron chi connectivity index (χ3n) is 1.34. The quantitative estimate of drug-likeness (QED) is 0.598. The molecule has 0 saturated heterocycles. The Morgan fingerprint density at radius 2 is 1.89 bits per heavy atom. The van der Waals surface area contributed by atoms with Crippen LogP contribution >= 0.6 is 12.4 Å². The van der Waals surface area contributed by atoms with Crippen molar-refractivity contribution in [3.63, 3.8) is 0 Å². The van der Waals surface area contributed by atoms with Crippen molar-refractivity contribution in [2.45, 2.75) is 32.7 Å². The van der Waals surface area contributed by atoms with Gasteiger partial charge in [-0.25, -0.2) is 0 Å². The fraction of sp³-hybridized carbons (Fsp3) is 0.714. The SMILES string of the molecule is C=C(CC)C(C)(C)N.Cl. The molecule has 0 heterocycles. The standard InChI is InChI=1S/C7H15N.ClH/c1-5-6(2)7(3,4)8;/h2,5,8H2,1,3-4H3;1H. The van der Waals surface area contributed by atoms with Crippen LogP contribution < -0.4 is 5.73 Å². The number of hydrogen-bond acceptors (Lipinski definition) is 1. The lowest BCUT2D eigenvalue weighted by atomic mass is 9.95. The van der Waals surface area contributed by atoms with Gasteiger partial charge in [-0.1, -0.05) is 19.1 Å². The normalized spacial score (nSPS) is 10.2. The molecule has 9 heavy (non-hydrogen) atoms. The first-order valence-corrected chi connectivity index (χ1v) is 2.95. The first kappa shape index (κ1) is 11.7. The van der Waals surface area contributed by atoms with Crippen LogP contribution in [0.5, 0.6) is 0 Å². The van der Waals surface area contributed by atoms with Crippen molar-refractivity contribution >= 4 is 12.4 Å². The van der Waals surface area contributed by atoms with E-state index >= 15 is 0 Å². The van der Waals surface area contributed by atoms with Crippen molar-refractivity contribution in [1.82, 2.24) is 0 Å². The summed E-state index contributed by atoms with van der Waals surface area (Å²) < 4.78 is 0. The van der Waals surface area contributed by atoms with Crippen molar-refractivity contribution in [3.05, 3.63) is 12.2 Å². The molecule has 0 radical (unpaired) electrons. The Bertz CT molecular complexity index is 91.6. The van der Waals surface area contributed by atoms with Crippen molar-refractivity contribution in [2.24, 2.45) is 5.73 Å². The van der Waals surface area contributed by atoms with E-state index in [0.29, 0.717) is 0 Å². The average Bonchev–Trinajstić information content (AvgIpc) is 1.62. The smallest absolute Gasteiger partial charge is 0.0308 e. The maximum atomic E-state index is 5.69. The van der Waals surface area contributed by atoms with Gasteiger partial charge in [0.15, 0.2) is 0 Å². The van der Waals surface area contributed by atoms with Crippen molar-refractivity contribution in [2.75, 3.05) is 0 Å². The van der Waals surface area contributed by atoms with Gasteiger partial charge in [-0.2, -0.15) is 0 Å². The van der Waals surface area contributed by atoms with E-state index in [1.165, 1.54) is 0 Å². The van der Waals surface area contributed by atoms with E-state index in [1.807, 2.05) is 13.8 Å². The van der Waals surface area contributed by atoms with Gasteiger partial charge in [-0.15, -0.1) is 12.4 Å². The lowest BCUT2D eigenvalue weighted by Crippen LogP contribution is -2.33. The minimum atomic E-state index is -0.186. The van der Waals surface area contributed by atoms with Crippen LogP contribution in [0.3, 0.4) is 0 Å². The molecule has 0 spiro atoms. The van der Waals surface area contributed by atoms with Gasteiger partial charge in [0, 0.05) is 5.54 Å². The molecule has 0 saturated carbocycles. The van der Waals surface area contributed by atoms with Gasteiger partial charge in [-0.05, 0) is 20.3 Å². The van der Waals surface area contributed by atoms with Crippen molar-refractivity contribution < 1.29 is 0 Å². The first-order chi connectivity index (χ1) is 3.48. The highest BCUT2D eigenvalue weighted by Crippen LogP contribution is 2.12. The number of hydrogen-bond donors (Lipinski definition) is 1. The summed E-state index contributed by atoms with van der Waals surface area (Å²) in [5.41, 5.74) is 6.61. The zero-order chi connectivity index (χ0) is 6.78. The van der Waals surface area contributed by atoms with Crippen LogP contribution in [0, 0.1) is 0 Å². The fourth-order valence-corrected chi connectivity index (χ4v) is 0.456. The summed E-state index contributed by atoms with van der Waals surface area (Å²) in [5, 5.41) is 0. The van der Waals surface area contributed by atoms with E-state index in [-0.39, 0.29) is 17.9 Å². The third-order valence-corrected chi connectivity index (χ3v) is 1.34. The molecular formula is C7H16ClN. The Morgan fingerprint density at radius 3 is 1.89 bits per heavy atom. The molecular weight excluding hydrogens is 134 g/mol. The monoisotopic (exact) mass is 149 g/mol. The predicted octanol–water partition coefficient (Wildman–Crippen LogP) is 2.11. The Labute approximate surface area is 63.7 Å². The minimum Gasteiger partial charge on any atom is -0.322 e. The van der Waals surface area contributed by atoms with Gasteiger partial charge in [-0.3, -0.25) is 0 Å². The number of halogens is 1. The Morgan fingerprint density at radius 1 is 1.56 bits per heavy atom. The van der Waals surface area contributed by atoms with Gasteiger partial charge in [0.25, 0.3) is 0 Å². The lowest BCUT2D eigenvalue weighted by Gasteiger charge is -2.19. The van der Waals surface area contributed by atoms with Crippen LogP contribution in [0.4, 0.5) is 0 Å². The van der Waals surface area contributed by atoms with Crippen molar-refractivity contribution in [1.29, 1.82) is 0 Å². The molecule has 2 heteroatoms. The molecule has 0 aromatic heterocycles. The van der Waals surface area contributed by atoms with Crippen LogP contribution in [-0.2, 0) is 0 Å². The van der Waals surface area contributed by atoms with E-state index in [2.05, 4.69) is 13.5 Å². The Hall–Kier alpha value is -0.0100. The van der Waals surface area contributed by atoms with Crippen molar-refractivity contribution in [3.8, 4) is 0 Å². The summed E-state index contributed by atoms with van der Waals surface area (Å²) in [6.45, 7) is 9.83. The van der Waals surface area contributed by atoms with Gasteiger partial charge in [0.2, 0.25) is 0 Å². The fourth-order valence-electron chi connectivity index (χ4n) is 0.456. The molecule has 0 aromatic carbocycles. The maximum Gasteiger partial charge on any atom is 0.0308 e. The second-order valence-electron chi connectivity index (χ2n) is 2.68. The highest BCUT2D eigenvalue weighted by atomic mass is 35.5. The third kappa shape index (κ3) is 4.49. The second kappa shape index (κ2) is 3.91. The molecule has 0 amide bonds. The first-order valence-electron chi connectivity index (χ1n) is 2.95. The zero-order valence-corrected chi connectivity index (χ0v) is 7.22. The molecule has 0 atom stereocenters. The topological polar surface area (TPSA) is 26.0 Å². The number of nitrogens with two attached hydrogens (primary N) is 1. The summed E-state index contributed by atoms with van der Waals surface area (Å²) in [6, 6.07) is 0. The summed E-state index contributed by atoms with van der Waals surface area (Å²) in [6.07, 6.45) is 0.976. The van der Waals surface area contributed by atoms with E-state index < -0.39 is 0 Å². The largest absolute Gasteiger partial charge is 0.322 e. The van der Waals surface area contributed by atoms with Gasteiger partial charge in [0.05, 0.1) is 0 Å². The molecule has 0 aliphatic rings. The Balaban J connectivity index is 0. The summed E-state index contributed by atoms with van der Waals surface area (Å²) in [5.74, 6) is 0. The van der Waals surface area contributed by atoms with Gasteiger partial charge < -0.3 is 5.73 Å². The molecule has 0 aromatic rings. The average molecular weight is 150 g/mol. The number of rotatable bonds is 2. The molecule has 1 nitrogen and oxygen atoms in total. The zero-order valence-electron chi connectivity index (χ0n) is 6.40. The highest BCUT2D eigenvalue weighted by molar-refractivity contribution is 5.85. The molecule has 0 aliphatic carbocycles. The maximum absolute atomic E-state index is 5.69. The molecule has 0 bridgehead atoms. The van der Waals surface area contributed by atoms with Crippen LogP contribution in [-0.4, -0.2) is 5.54 Å². The van der Waals surface area contributed by atoms with E-state index in [9.17, 15) is 0 Å². The Kier molecular flexibility index (Phi) is 5.11. The lowest BCUT2D eigenvalue weighted by molar-refractivity contribution is 0.594. The van der Waals surface area contributed by atoms with Crippen LogP contribution in [0.2, 0.25) is 0 Å². The molecule has 56 valence electrons. The highest BCUT2D eigenvalue weighted by Gasteiger charge is 2.11. The van der Waals surface area contributed by atoms with Gasteiger partial charge >= 0.3 is 0 Å². The van der Waals surface area contributed by atoms with E-state index in [0.717, 1.165) is 12.0 Å². The molecule has 2 N–H and O–H groups in total. The van der Waals surface area contributed by atoms with Crippen LogP contribution in [0.1, 0.15) is 27.2 Å². The molecule has 0 unspecified atom stereocenters. The molecule has 0 aliphatic heterocycles. The van der Waals surface area contributed by atoms with Gasteiger partial charge in [0.1, 0.15) is 0 Å². The summed E-state index contributed by atoms with van der Waals surface area (Å²) in [7, 11) is 0. The van der Waals surface area contributed by atoms with Crippen LogP contribution in [0.25, 0.3) is 0 Å². The molecule has 0 fully saturated rings. The summed E-state index contributed by atoms with van der Waals surface area (Å²) in [4.78, 5) is 0. The van der Waals surface area contributed by atoms with E-state index in [1.54, 1.807) is 0 Å². The summed E-state index contributed by atoms with van der Waals surface area (Å²) >= 11 is 0. The predicted molar refractivity (Wildman–Crippen MR) is 44.9 cm³/mol. The van der Waals surface area contributed by atoms with Crippen LogP contribution in [0.15, 0.2) is 12.2 Å².